The molecule has 0 spiro atoms. The van der Waals surface area contributed by atoms with Gasteiger partial charge in [0.25, 0.3) is 0 Å². The van der Waals surface area contributed by atoms with Gasteiger partial charge in [-0.25, -0.2) is 4.39 Å². The van der Waals surface area contributed by atoms with Crippen LogP contribution in [0.2, 0.25) is 0 Å². The Morgan fingerprint density at radius 2 is 2.09 bits per heavy atom. The summed E-state index contributed by atoms with van der Waals surface area (Å²) in [5.41, 5.74) is 0.999. The van der Waals surface area contributed by atoms with Crippen LogP contribution >= 0.6 is 11.8 Å². The van der Waals surface area contributed by atoms with Crippen LogP contribution in [0, 0.1) is 11.7 Å². The molecule has 2 aliphatic heterocycles. The molecular weight excluding hydrogens is 297 g/mol. The second-order valence-electron chi connectivity index (χ2n) is 6.48. The Bertz CT molecular complexity index is 516. The standard InChI is InChI=1S/C18H24FNOS/c19-16-4-1-3-15(11-16)12-17-5-2-8-20(17)18(21)13-14-6-9-22-10-7-14/h1,3-4,11,14,17H,2,5-10,12-13H2/t17-/m0/s1. The van der Waals surface area contributed by atoms with E-state index < -0.39 is 0 Å². The van der Waals surface area contributed by atoms with Crippen molar-refractivity contribution in [2.24, 2.45) is 5.92 Å². The van der Waals surface area contributed by atoms with Crippen LogP contribution in [0.1, 0.15) is 37.7 Å². The Hall–Kier alpha value is -1.03. The Labute approximate surface area is 136 Å². The maximum absolute atomic E-state index is 13.3. The van der Waals surface area contributed by atoms with Crippen LogP contribution in [0.15, 0.2) is 24.3 Å². The number of nitrogens with zero attached hydrogens (tertiary/aromatic N) is 1. The second-order valence-corrected chi connectivity index (χ2v) is 7.70. The van der Waals surface area contributed by atoms with Crippen molar-refractivity contribution >= 4 is 17.7 Å². The summed E-state index contributed by atoms with van der Waals surface area (Å²) in [6, 6.07) is 7.04. The summed E-state index contributed by atoms with van der Waals surface area (Å²) >= 11 is 2.00. The first-order chi connectivity index (χ1) is 10.7. The van der Waals surface area contributed by atoms with E-state index in [0.717, 1.165) is 31.4 Å². The van der Waals surface area contributed by atoms with Gasteiger partial charge in [-0.15, -0.1) is 0 Å². The molecule has 0 bridgehead atoms. The number of halogens is 1. The molecule has 0 unspecified atom stereocenters. The Balaban J connectivity index is 1.58. The highest BCUT2D eigenvalue weighted by Crippen LogP contribution is 2.28. The van der Waals surface area contributed by atoms with E-state index in [1.54, 1.807) is 12.1 Å². The summed E-state index contributed by atoms with van der Waals surface area (Å²) < 4.78 is 13.3. The Morgan fingerprint density at radius 3 is 2.86 bits per heavy atom. The lowest BCUT2D eigenvalue weighted by Crippen LogP contribution is -2.38. The number of amides is 1. The van der Waals surface area contributed by atoms with Crippen molar-refractivity contribution in [2.75, 3.05) is 18.1 Å². The van der Waals surface area contributed by atoms with Crippen LogP contribution in [-0.2, 0) is 11.2 Å². The molecule has 2 nitrogen and oxygen atoms in total. The van der Waals surface area contributed by atoms with Gasteiger partial charge < -0.3 is 4.90 Å². The number of rotatable bonds is 4. The fourth-order valence-corrected chi connectivity index (χ4v) is 4.83. The third-order valence-electron chi connectivity index (χ3n) is 4.86. The van der Waals surface area contributed by atoms with Gasteiger partial charge in [0.1, 0.15) is 5.82 Å². The topological polar surface area (TPSA) is 20.3 Å². The van der Waals surface area contributed by atoms with Crippen molar-refractivity contribution in [2.45, 2.75) is 44.6 Å². The lowest BCUT2D eigenvalue weighted by Gasteiger charge is -2.28. The smallest absolute Gasteiger partial charge is 0.223 e. The van der Waals surface area contributed by atoms with Gasteiger partial charge in [-0.05, 0) is 67.2 Å². The molecule has 2 saturated heterocycles. The first-order valence-corrected chi connectivity index (χ1v) is 9.49. The number of thioether (sulfide) groups is 1. The van der Waals surface area contributed by atoms with Crippen molar-refractivity contribution in [1.82, 2.24) is 4.90 Å². The normalized spacial score (nSPS) is 23.0. The molecule has 0 radical (unpaired) electrons. The third-order valence-corrected chi connectivity index (χ3v) is 5.91. The Morgan fingerprint density at radius 1 is 1.27 bits per heavy atom. The highest BCUT2D eigenvalue weighted by Gasteiger charge is 2.30. The molecule has 2 fully saturated rings. The summed E-state index contributed by atoms with van der Waals surface area (Å²) in [4.78, 5) is 14.7. The molecule has 2 heterocycles. The van der Waals surface area contributed by atoms with E-state index >= 15 is 0 Å². The highest BCUT2D eigenvalue weighted by molar-refractivity contribution is 7.99. The van der Waals surface area contributed by atoms with Crippen LogP contribution in [0.4, 0.5) is 4.39 Å². The lowest BCUT2D eigenvalue weighted by atomic mass is 9.97. The quantitative estimate of drug-likeness (QED) is 0.838. The summed E-state index contributed by atoms with van der Waals surface area (Å²) in [6.45, 7) is 0.875. The van der Waals surface area contributed by atoms with Crippen molar-refractivity contribution < 1.29 is 9.18 Å². The molecule has 1 amide bonds. The fraction of sp³-hybridized carbons (Fsp3) is 0.611. The maximum Gasteiger partial charge on any atom is 0.223 e. The van der Waals surface area contributed by atoms with E-state index in [-0.39, 0.29) is 11.9 Å². The zero-order valence-corrected chi connectivity index (χ0v) is 13.8. The fourth-order valence-electron chi connectivity index (χ4n) is 3.63. The van der Waals surface area contributed by atoms with Gasteiger partial charge in [-0.1, -0.05) is 12.1 Å². The lowest BCUT2D eigenvalue weighted by molar-refractivity contribution is -0.133. The minimum Gasteiger partial charge on any atom is -0.339 e. The third kappa shape index (κ3) is 4.03. The van der Waals surface area contributed by atoms with Gasteiger partial charge in [-0.2, -0.15) is 11.8 Å². The minimum atomic E-state index is -0.187. The molecule has 0 N–H and O–H groups in total. The zero-order valence-electron chi connectivity index (χ0n) is 13.0. The van der Waals surface area contributed by atoms with Crippen LogP contribution < -0.4 is 0 Å². The van der Waals surface area contributed by atoms with E-state index in [1.807, 2.05) is 17.8 Å². The van der Waals surface area contributed by atoms with E-state index in [9.17, 15) is 9.18 Å². The molecule has 2 aliphatic rings. The van der Waals surface area contributed by atoms with Crippen molar-refractivity contribution in [3.05, 3.63) is 35.6 Å². The monoisotopic (exact) mass is 321 g/mol. The molecule has 1 aromatic rings. The van der Waals surface area contributed by atoms with E-state index in [2.05, 4.69) is 4.90 Å². The van der Waals surface area contributed by atoms with Gasteiger partial charge in [0.2, 0.25) is 5.91 Å². The first-order valence-electron chi connectivity index (χ1n) is 8.34. The van der Waals surface area contributed by atoms with E-state index in [1.165, 1.54) is 30.4 Å². The van der Waals surface area contributed by atoms with Gasteiger partial charge in [0.15, 0.2) is 0 Å². The van der Waals surface area contributed by atoms with Gasteiger partial charge in [0.05, 0.1) is 0 Å². The number of benzene rings is 1. The molecule has 22 heavy (non-hydrogen) atoms. The summed E-state index contributed by atoms with van der Waals surface area (Å²) in [5.74, 6) is 3.10. The van der Waals surface area contributed by atoms with Crippen LogP contribution in [0.3, 0.4) is 0 Å². The Kier molecular flexibility index (Phi) is 5.40. The highest BCUT2D eigenvalue weighted by atomic mass is 32.2. The summed E-state index contributed by atoms with van der Waals surface area (Å²) in [6.07, 6.45) is 5.97. The molecule has 0 aliphatic carbocycles. The maximum atomic E-state index is 13.3. The predicted octanol–water partition coefficient (Wildman–Crippen LogP) is 3.89. The van der Waals surface area contributed by atoms with Gasteiger partial charge >= 0.3 is 0 Å². The average Bonchev–Trinajstić information content (AvgIpc) is 2.96. The summed E-state index contributed by atoms with van der Waals surface area (Å²) in [7, 11) is 0. The average molecular weight is 321 g/mol. The van der Waals surface area contributed by atoms with E-state index in [4.69, 9.17) is 0 Å². The zero-order chi connectivity index (χ0) is 15.4. The van der Waals surface area contributed by atoms with Crippen LogP contribution in [0.5, 0.6) is 0 Å². The SMILES string of the molecule is O=C(CC1CCSCC1)N1CCC[C@H]1Cc1cccc(F)c1. The number of hydrogen-bond donors (Lipinski definition) is 0. The molecule has 3 rings (SSSR count). The predicted molar refractivity (Wildman–Crippen MR) is 89.5 cm³/mol. The molecular formula is C18H24FNOS. The molecule has 1 aromatic carbocycles. The molecule has 0 saturated carbocycles. The van der Waals surface area contributed by atoms with Crippen LogP contribution in [0.25, 0.3) is 0 Å². The van der Waals surface area contributed by atoms with Crippen molar-refractivity contribution in [3.8, 4) is 0 Å². The number of carbonyl (C=O) groups excluding carboxylic acids is 1. The van der Waals surface area contributed by atoms with E-state index in [0.29, 0.717) is 18.2 Å². The number of hydrogen-bond acceptors (Lipinski definition) is 2. The van der Waals surface area contributed by atoms with Gasteiger partial charge in [-0.3, -0.25) is 4.79 Å². The minimum absolute atomic E-state index is 0.187. The van der Waals surface area contributed by atoms with Crippen LogP contribution in [-0.4, -0.2) is 34.9 Å². The summed E-state index contributed by atoms with van der Waals surface area (Å²) in [5, 5.41) is 0. The molecule has 120 valence electrons. The molecule has 4 heteroatoms. The number of likely N-dealkylation sites (tertiary alicyclic amines) is 1. The first kappa shape index (κ1) is 15.9. The second kappa shape index (κ2) is 7.49. The number of carbonyl (C=O) groups is 1. The largest absolute Gasteiger partial charge is 0.339 e. The molecule has 0 aromatic heterocycles. The van der Waals surface area contributed by atoms with Crippen molar-refractivity contribution in [1.29, 1.82) is 0 Å². The van der Waals surface area contributed by atoms with Crippen molar-refractivity contribution in [3.63, 3.8) is 0 Å². The molecule has 1 atom stereocenters. The van der Waals surface area contributed by atoms with Gasteiger partial charge in [0, 0.05) is 19.0 Å².